The van der Waals surface area contributed by atoms with Crippen molar-refractivity contribution in [2.45, 2.75) is 23.0 Å². The number of hydrogen-bond acceptors (Lipinski definition) is 7. The lowest BCUT2D eigenvalue weighted by Crippen LogP contribution is -2.70. The van der Waals surface area contributed by atoms with Gasteiger partial charge >= 0.3 is 5.97 Å². The minimum atomic E-state index is -1.19. The summed E-state index contributed by atoms with van der Waals surface area (Å²) in [6, 6.07) is 8.49. The highest BCUT2D eigenvalue weighted by Crippen LogP contribution is 2.44. The fourth-order valence-corrected chi connectivity index (χ4v) is 5.38. The lowest BCUT2D eigenvalue weighted by Gasteiger charge is -2.49. The lowest BCUT2D eigenvalue weighted by molar-refractivity contribution is -0.150. The van der Waals surface area contributed by atoms with Crippen LogP contribution in [0.3, 0.4) is 0 Å². The van der Waals surface area contributed by atoms with Crippen molar-refractivity contribution in [3.05, 3.63) is 52.8 Å². The van der Waals surface area contributed by atoms with Gasteiger partial charge in [0.2, 0.25) is 5.91 Å². The van der Waals surface area contributed by atoms with Gasteiger partial charge in [-0.1, -0.05) is 42.1 Å². The number of amides is 2. The molecule has 2 aromatic rings. The van der Waals surface area contributed by atoms with Gasteiger partial charge in [-0.15, -0.1) is 11.8 Å². The molecule has 3 N–H and O–H groups in total. The van der Waals surface area contributed by atoms with Gasteiger partial charge in [0.05, 0.1) is 6.42 Å². The van der Waals surface area contributed by atoms with Gasteiger partial charge in [-0.05, 0) is 5.56 Å². The lowest BCUT2D eigenvalue weighted by atomic mass is 10.0. The third-order valence-electron chi connectivity index (χ3n) is 4.27. The highest BCUT2D eigenvalue weighted by molar-refractivity contribution is 8.06. The Morgan fingerprint density at radius 3 is 2.82 bits per heavy atom. The van der Waals surface area contributed by atoms with Crippen LogP contribution in [0.15, 0.2) is 52.4 Å². The summed E-state index contributed by atoms with van der Waals surface area (Å²) < 4.78 is 0. The number of carboxylic acids is 1. The molecule has 0 aliphatic carbocycles. The molecule has 2 aliphatic rings. The molecule has 0 spiro atoms. The number of H-pyrrole nitrogens is 1. The molecule has 1 fully saturated rings. The Morgan fingerprint density at radius 2 is 2.14 bits per heavy atom. The second-order valence-electron chi connectivity index (χ2n) is 6.09. The zero-order chi connectivity index (χ0) is 19.7. The summed E-state index contributed by atoms with van der Waals surface area (Å²) in [5.41, 5.74) is 0.778. The van der Waals surface area contributed by atoms with Crippen molar-refractivity contribution in [2.75, 3.05) is 5.75 Å². The molecular weight excluding hydrogens is 402 g/mol. The average molecular weight is 417 g/mol. The maximum atomic E-state index is 12.6. The second-order valence-corrected chi connectivity index (χ2v) is 8.28. The van der Waals surface area contributed by atoms with Gasteiger partial charge in [-0.25, -0.2) is 9.78 Å². The van der Waals surface area contributed by atoms with Crippen molar-refractivity contribution in [1.82, 2.24) is 25.4 Å². The standard InChI is InChI=1S/C17H15N5O4S2/c23-11(6-9-4-2-1-3-5-9)20-12-14(24)22-13(16(25)26)10(7-27-15(12)22)28-17-18-8-19-21-17/h1-5,8,12,15H,6-7H2,(H,20,23)(H,25,26)(H,18,19,21)/t12-,15-/m1/s1. The monoisotopic (exact) mass is 417 g/mol. The molecule has 11 heteroatoms. The SMILES string of the molecule is O=C(Cc1ccccc1)N[C@@H]1C(=O)N2C(C(=O)O)=C(Sc3ncn[nH]3)CS[C@H]12. The highest BCUT2D eigenvalue weighted by atomic mass is 32.2. The number of aromatic nitrogens is 3. The van der Waals surface area contributed by atoms with E-state index in [9.17, 15) is 19.5 Å². The molecule has 144 valence electrons. The van der Waals surface area contributed by atoms with Crippen molar-refractivity contribution in [1.29, 1.82) is 0 Å². The van der Waals surface area contributed by atoms with Crippen LogP contribution in [0.5, 0.6) is 0 Å². The molecule has 0 saturated carbocycles. The smallest absolute Gasteiger partial charge is 0.353 e. The molecule has 0 radical (unpaired) electrons. The summed E-state index contributed by atoms with van der Waals surface area (Å²) in [5.74, 6) is -1.49. The van der Waals surface area contributed by atoms with E-state index in [2.05, 4.69) is 20.5 Å². The first-order chi connectivity index (χ1) is 13.5. The summed E-state index contributed by atoms with van der Waals surface area (Å²) in [7, 11) is 0. The summed E-state index contributed by atoms with van der Waals surface area (Å²) in [6.07, 6.45) is 1.49. The molecule has 1 aromatic heterocycles. The molecule has 2 atom stereocenters. The molecule has 9 nitrogen and oxygen atoms in total. The van der Waals surface area contributed by atoms with Crippen LogP contribution in [-0.2, 0) is 20.8 Å². The van der Waals surface area contributed by atoms with E-state index < -0.39 is 23.3 Å². The maximum absolute atomic E-state index is 12.6. The summed E-state index contributed by atoms with van der Waals surface area (Å²) in [5, 5.41) is 18.8. The predicted molar refractivity (Wildman–Crippen MR) is 102 cm³/mol. The molecule has 1 aromatic carbocycles. The van der Waals surface area contributed by atoms with Crippen molar-refractivity contribution in [3.63, 3.8) is 0 Å². The molecule has 1 saturated heterocycles. The number of hydrogen-bond donors (Lipinski definition) is 3. The number of carboxylic acid groups (broad SMARTS) is 1. The number of β-lactam (4-membered cyclic amide) rings is 1. The molecule has 2 aliphatic heterocycles. The molecule has 4 rings (SSSR count). The molecule has 28 heavy (non-hydrogen) atoms. The number of aliphatic carboxylic acids is 1. The average Bonchev–Trinajstić information content (AvgIpc) is 3.19. The zero-order valence-electron chi connectivity index (χ0n) is 14.4. The topological polar surface area (TPSA) is 128 Å². The van der Waals surface area contributed by atoms with Gasteiger partial charge in [-0.3, -0.25) is 19.6 Å². The minimum absolute atomic E-state index is 0.0660. The second kappa shape index (κ2) is 7.68. The Labute approximate surface area is 168 Å². The van der Waals surface area contributed by atoms with E-state index in [0.717, 1.165) is 17.3 Å². The number of fused-ring (bicyclic) bond motifs is 1. The van der Waals surface area contributed by atoms with E-state index >= 15 is 0 Å². The fourth-order valence-electron chi connectivity index (χ4n) is 3.04. The van der Waals surface area contributed by atoms with Crippen LogP contribution >= 0.6 is 23.5 Å². The molecule has 2 amide bonds. The first kappa shape index (κ1) is 18.6. The molecule has 0 bridgehead atoms. The number of rotatable bonds is 6. The van der Waals surface area contributed by atoms with Crippen LogP contribution in [0, 0.1) is 0 Å². The Morgan fingerprint density at radius 1 is 1.36 bits per heavy atom. The van der Waals surface area contributed by atoms with Crippen LogP contribution in [0.2, 0.25) is 0 Å². The number of nitrogens with zero attached hydrogens (tertiary/aromatic N) is 3. The van der Waals surface area contributed by atoms with Crippen molar-refractivity contribution in [2.24, 2.45) is 0 Å². The predicted octanol–water partition coefficient (Wildman–Crippen LogP) is 0.836. The van der Waals surface area contributed by atoms with Gasteiger partial charge in [0.15, 0.2) is 5.16 Å². The van der Waals surface area contributed by atoms with Gasteiger partial charge in [0.25, 0.3) is 5.91 Å². The van der Waals surface area contributed by atoms with E-state index in [1.165, 1.54) is 23.0 Å². The molecule has 3 heterocycles. The van der Waals surface area contributed by atoms with Crippen LogP contribution in [-0.4, -0.2) is 60.1 Å². The Hall–Kier alpha value is -2.79. The van der Waals surface area contributed by atoms with Crippen LogP contribution in [0.4, 0.5) is 0 Å². The Bertz CT molecular complexity index is 948. The van der Waals surface area contributed by atoms with E-state index in [4.69, 9.17) is 0 Å². The van der Waals surface area contributed by atoms with Gasteiger partial charge < -0.3 is 10.4 Å². The number of carbonyl (C=O) groups excluding carboxylic acids is 2. The third kappa shape index (κ3) is 3.50. The fraction of sp³-hybridized carbons (Fsp3) is 0.235. The number of carbonyl (C=O) groups is 3. The molecule has 0 unspecified atom stereocenters. The first-order valence-electron chi connectivity index (χ1n) is 8.32. The van der Waals surface area contributed by atoms with Gasteiger partial charge in [-0.2, -0.15) is 5.10 Å². The summed E-state index contributed by atoms with van der Waals surface area (Å²) >= 11 is 2.54. The highest BCUT2D eigenvalue weighted by Gasteiger charge is 2.54. The number of thioether (sulfide) groups is 2. The number of nitrogens with one attached hydrogen (secondary N) is 2. The number of benzene rings is 1. The van der Waals surface area contributed by atoms with Crippen LogP contribution in [0.1, 0.15) is 5.56 Å². The van der Waals surface area contributed by atoms with Crippen LogP contribution < -0.4 is 5.32 Å². The van der Waals surface area contributed by atoms with E-state index in [0.29, 0.717) is 15.8 Å². The quantitative estimate of drug-likeness (QED) is 0.590. The summed E-state index contributed by atoms with van der Waals surface area (Å²) in [4.78, 5) is 42.4. The minimum Gasteiger partial charge on any atom is -0.477 e. The van der Waals surface area contributed by atoms with Crippen molar-refractivity contribution >= 4 is 41.3 Å². The molecular formula is C17H15N5O4S2. The maximum Gasteiger partial charge on any atom is 0.353 e. The van der Waals surface area contributed by atoms with E-state index in [1.807, 2.05) is 30.3 Å². The van der Waals surface area contributed by atoms with E-state index in [1.54, 1.807) is 0 Å². The van der Waals surface area contributed by atoms with Gasteiger partial charge in [0, 0.05) is 10.7 Å². The Kier molecular flexibility index (Phi) is 5.09. The van der Waals surface area contributed by atoms with Gasteiger partial charge in [0.1, 0.15) is 23.4 Å². The number of aromatic amines is 1. The van der Waals surface area contributed by atoms with E-state index in [-0.39, 0.29) is 18.0 Å². The van der Waals surface area contributed by atoms with Crippen molar-refractivity contribution in [3.8, 4) is 0 Å². The summed E-state index contributed by atoms with van der Waals surface area (Å²) in [6.45, 7) is 0. The Balaban J connectivity index is 1.47. The van der Waals surface area contributed by atoms with Crippen molar-refractivity contribution < 1.29 is 19.5 Å². The first-order valence-corrected chi connectivity index (χ1v) is 10.2. The third-order valence-corrected chi connectivity index (χ3v) is 6.71. The largest absolute Gasteiger partial charge is 0.477 e. The van der Waals surface area contributed by atoms with Crippen LogP contribution in [0.25, 0.3) is 0 Å². The zero-order valence-corrected chi connectivity index (χ0v) is 16.0. The normalized spacial score (nSPS) is 21.1.